The van der Waals surface area contributed by atoms with E-state index in [0.717, 1.165) is 23.3 Å². The van der Waals surface area contributed by atoms with Crippen LogP contribution in [-0.4, -0.2) is 38.7 Å². The van der Waals surface area contributed by atoms with Gasteiger partial charge in [-0.25, -0.2) is 0 Å². The highest BCUT2D eigenvalue weighted by Gasteiger charge is 2.32. The van der Waals surface area contributed by atoms with Gasteiger partial charge in [0, 0.05) is 23.2 Å². The number of benzene rings is 2. The Hall–Kier alpha value is -3.42. The van der Waals surface area contributed by atoms with E-state index in [1.54, 1.807) is 12.1 Å². The molecule has 0 atom stereocenters. The molecule has 0 unspecified atom stereocenters. The molecule has 1 aliphatic heterocycles. The number of amides is 1. The number of fused-ring (bicyclic) bond motifs is 1. The second-order valence-electron chi connectivity index (χ2n) is 6.94. The number of anilines is 1. The smallest absolute Gasteiger partial charge is 0.262 e. The fourth-order valence-electron chi connectivity index (χ4n) is 3.06. The molecule has 1 aromatic heterocycles. The molecule has 0 fully saturated rings. The summed E-state index contributed by atoms with van der Waals surface area (Å²) in [5.41, 5.74) is 2.20. The van der Waals surface area contributed by atoms with Gasteiger partial charge < -0.3 is 14.8 Å². The lowest BCUT2D eigenvalue weighted by Crippen LogP contribution is -2.25. The van der Waals surface area contributed by atoms with E-state index in [9.17, 15) is 4.79 Å². The minimum absolute atomic E-state index is 0.118. The largest absolute Gasteiger partial charge is 0.483 e. The Kier molecular flexibility index (Phi) is 4.23. The first kappa shape index (κ1) is 17.0. The lowest BCUT2D eigenvalue weighted by molar-refractivity contribution is -0.118. The van der Waals surface area contributed by atoms with E-state index in [-0.39, 0.29) is 18.1 Å². The Morgan fingerprint density at radius 3 is 2.96 bits per heavy atom. The van der Waals surface area contributed by atoms with Crippen molar-refractivity contribution in [2.75, 3.05) is 11.9 Å². The third-order valence-corrected chi connectivity index (χ3v) is 4.16. The van der Waals surface area contributed by atoms with E-state index in [1.807, 2.05) is 44.2 Å². The Morgan fingerprint density at radius 1 is 1.30 bits per heavy atom. The summed E-state index contributed by atoms with van der Waals surface area (Å²) in [4.78, 5) is 12.3. The minimum atomic E-state index is -0.268. The van der Waals surface area contributed by atoms with Crippen molar-refractivity contribution in [2.24, 2.45) is 0 Å². The predicted octanol–water partition coefficient (Wildman–Crippen LogP) is 2.60. The number of ether oxygens (including phenoxy) is 2. The SMILES string of the molecule is CC1(C)Cc2cccc(OCC(=O)Nc3cccc(-c4nn[nH]n4)c3)c2O1. The number of aromatic nitrogens is 4. The van der Waals surface area contributed by atoms with E-state index in [4.69, 9.17) is 9.47 Å². The number of para-hydroxylation sites is 1. The van der Waals surface area contributed by atoms with E-state index in [0.29, 0.717) is 17.3 Å². The van der Waals surface area contributed by atoms with E-state index in [1.165, 1.54) is 0 Å². The van der Waals surface area contributed by atoms with Crippen LogP contribution < -0.4 is 14.8 Å². The summed E-state index contributed by atoms with van der Waals surface area (Å²) in [5, 5.41) is 16.6. The highest BCUT2D eigenvalue weighted by atomic mass is 16.5. The van der Waals surface area contributed by atoms with Gasteiger partial charge in [-0.15, -0.1) is 10.2 Å². The second-order valence-corrected chi connectivity index (χ2v) is 6.94. The first-order valence-corrected chi connectivity index (χ1v) is 8.58. The van der Waals surface area contributed by atoms with Gasteiger partial charge in [0.15, 0.2) is 18.1 Å². The fourth-order valence-corrected chi connectivity index (χ4v) is 3.06. The van der Waals surface area contributed by atoms with Crippen LogP contribution in [0.1, 0.15) is 19.4 Å². The van der Waals surface area contributed by atoms with Crippen LogP contribution in [0.25, 0.3) is 11.4 Å². The zero-order chi connectivity index (χ0) is 18.9. The number of rotatable bonds is 5. The first-order chi connectivity index (χ1) is 13.0. The summed E-state index contributed by atoms with van der Waals surface area (Å²) >= 11 is 0. The second kappa shape index (κ2) is 6.71. The van der Waals surface area contributed by atoms with E-state index < -0.39 is 0 Å². The molecule has 0 saturated heterocycles. The average Bonchev–Trinajstić information content (AvgIpc) is 3.26. The molecule has 0 radical (unpaired) electrons. The average molecular weight is 365 g/mol. The molecule has 0 bridgehead atoms. The molecule has 8 heteroatoms. The molecule has 2 heterocycles. The number of nitrogens with zero attached hydrogens (tertiary/aromatic N) is 3. The van der Waals surface area contributed by atoms with Crippen molar-refractivity contribution >= 4 is 11.6 Å². The molecule has 2 N–H and O–H groups in total. The molecule has 1 aliphatic rings. The summed E-state index contributed by atoms with van der Waals surface area (Å²) in [6.45, 7) is 3.94. The lowest BCUT2D eigenvalue weighted by Gasteiger charge is -2.18. The summed E-state index contributed by atoms with van der Waals surface area (Å²) < 4.78 is 11.7. The molecular formula is C19H19N5O3. The van der Waals surface area contributed by atoms with E-state index in [2.05, 4.69) is 25.9 Å². The van der Waals surface area contributed by atoms with Crippen LogP contribution >= 0.6 is 0 Å². The van der Waals surface area contributed by atoms with Gasteiger partial charge >= 0.3 is 0 Å². The monoisotopic (exact) mass is 365 g/mol. The number of tetrazole rings is 1. The quantitative estimate of drug-likeness (QED) is 0.721. The molecule has 0 spiro atoms. The highest BCUT2D eigenvalue weighted by Crippen LogP contribution is 2.41. The Morgan fingerprint density at radius 2 is 2.15 bits per heavy atom. The molecular weight excluding hydrogens is 346 g/mol. The van der Waals surface area contributed by atoms with Gasteiger partial charge in [-0.3, -0.25) is 4.79 Å². The number of H-pyrrole nitrogens is 1. The number of carbonyl (C=O) groups is 1. The third kappa shape index (κ3) is 3.74. The van der Waals surface area contributed by atoms with Crippen molar-refractivity contribution in [3.63, 3.8) is 0 Å². The molecule has 2 aromatic carbocycles. The van der Waals surface area contributed by atoms with Crippen molar-refractivity contribution in [1.82, 2.24) is 20.6 Å². The van der Waals surface area contributed by atoms with Crippen molar-refractivity contribution in [3.8, 4) is 22.9 Å². The number of aromatic amines is 1. The van der Waals surface area contributed by atoms with Gasteiger partial charge in [-0.1, -0.05) is 24.3 Å². The van der Waals surface area contributed by atoms with Crippen LogP contribution in [-0.2, 0) is 11.2 Å². The minimum Gasteiger partial charge on any atom is -0.483 e. The van der Waals surface area contributed by atoms with Gasteiger partial charge in [0.2, 0.25) is 5.82 Å². The number of nitrogens with one attached hydrogen (secondary N) is 2. The zero-order valence-corrected chi connectivity index (χ0v) is 15.0. The van der Waals surface area contributed by atoms with Crippen LogP contribution in [0.4, 0.5) is 5.69 Å². The predicted molar refractivity (Wildman–Crippen MR) is 98.6 cm³/mol. The Labute approximate surface area is 155 Å². The van der Waals surface area contributed by atoms with Crippen LogP contribution in [0.5, 0.6) is 11.5 Å². The molecule has 8 nitrogen and oxygen atoms in total. The van der Waals surface area contributed by atoms with E-state index >= 15 is 0 Å². The zero-order valence-electron chi connectivity index (χ0n) is 15.0. The molecule has 0 saturated carbocycles. The maximum absolute atomic E-state index is 12.3. The summed E-state index contributed by atoms with van der Waals surface area (Å²) in [6, 6.07) is 12.9. The third-order valence-electron chi connectivity index (χ3n) is 4.16. The van der Waals surface area contributed by atoms with Gasteiger partial charge in [0.25, 0.3) is 5.91 Å². The summed E-state index contributed by atoms with van der Waals surface area (Å²) in [5.74, 6) is 1.49. The van der Waals surface area contributed by atoms with Crippen molar-refractivity contribution in [3.05, 3.63) is 48.0 Å². The molecule has 138 valence electrons. The molecule has 27 heavy (non-hydrogen) atoms. The van der Waals surface area contributed by atoms with Crippen molar-refractivity contribution < 1.29 is 14.3 Å². The van der Waals surface area contributed by atoms with Gasteiger partial charge in [0.1, 0.15) is 5.60 Å². The van der Waals surface area contributed by atoms with Crippen LogP contribution in [0.15, 0.2) is 42.5 Å². The summed E-state index contributed by atoms with van der Waals surface area (Å²) in [7, 11) is 0. The van der Waals surface area contributed by atoms with Crippen LogP contribution in [0.2, 0.25) is 0 Å². The molecule has 3 aromatic rings. The Balaban J connectivity index is 1.40. The van der Waals surface area contributed by atoms with Crippen LogP contribution in [0, 0.1) is 0 Å². The number of hydrogen-bond acceptors (Lipinski definition) is 6. The molecule has 4 rings (SSSR count). The first-order valence-electron chi connectivity index (χ1n) is 8.58. The lowest BCUT2D eigenvalue weighted by atomic mass is 10.0. The van der Waals surface area contributed by atoms with Gasteiger partial charge in [-0.2, -0.15) is 5.21 Å². The maximum atomic E-state index is 12.3. The molecule has 0 aliphatic carbocycles. The molecule has 1 amide bonds. The standard InChI is InChI=1S/C19H19N5O3/c1-19(2)10-13-6-4-8-15(17(13)27-19)26-11-16(25)20-14-7-3-5-12(9-14)18-21-23-24-22-18/h3-9H,10-11H2,1-2H3,(H,20,25)(H,21,22,23,24). The van der Waals surface area contributed by atoms with Crippen molar-refractivity contribution in [1.29, 1.82) is 0 Å². The van der Waals surface area contributed by atoms with Crippen LogP contribution in [0.3, 0.4) is 0 Å². The highest BCUT2D eigenvalue weighted by molar-refractivity contribution is 5.92. The van der Waals surface area contributed by atoms with Gasteiger partial charge in [0.05, 0.1) is 0 Å². The summed E-state index contributed by atoms with van der Waals surface area (Å²) in [6.07, 6.45) is 0.814. The number of hydrogen-bond donors (Lipinski definition) is 2. The topological polar surface area (TPSA) is 102 Å². The van der Waals surface area contributed by atoms with Crippen molar-refractivity contribution in [2.45, 2.75) is 25.9 Å². The number of carbonyl (C=O) groups excluding carboxylic acids is 1. The maximum Gasteiger partial charge on any atom is 0.262 e. The van der Waals surface area contributed by atoms with Gasteiger partial charge in [-0.05, 0) is 37.3 Å². The fraction of sp³-hybridized carbons (Fsp3) is 0.263. The Bertz CT molecular complexity index is 969. The normalized spacial score (nSPS) is 14.3.